The van der Waals surface area contributed by atoms with Crippen molar-refractivity contribution >= 4 is 6.08 Å². The van der Waals surface area contributed by atoms with Crippen molar-refractivity contribution in [3.63, 3.8) is 0 Å². The maximum Gasteiger partial charge on any atom is 0.234 e. The zero-order valence-electron chi connectivity index (χ0n) is 7.79. The Balaban J connectivity index is 2.45. The van der Waals surface area contributed by atoms with E-state index in [4.69, 9.17) is 0 Å². The van der Waals surface area contributed by atoms with E-state index in [1.807, 2.05) is 0 Å². The Bertz CT molecular complexity index is 185. The lowest BCUT2D eigenvalue weighted by Crippen LogP contribution is -2.37. The number of nitrogens with zero attached hydrogens (tertiary/aromatic N) is 2. The van der Waals surface area contributed by atoms with E-state index in [0.717, 1.165) is 6.54 Å². The fourth-order valence-electron chi connectivity index (χ4n) is 1.88. The average Bonchev–Trinajstić information content (AvgIpc) is 2.48. The van der Waals surface area contributed by atoms with E-state index in [9.17, 15) is 4.79 Å². The molecule has 1 fully saturated rings. The van der Waals surface area contributed by atoms with Gasteiger partial charge in [0.15, 0.2) is 0 Å². The largest absolute Gasteiger partial charge is 0.296 e. The monoisotopic (exact) mass is 168 g/mol. The molecule has 1 unspecified atom stereocenters. The van der Waals surface area contributed by atoms with E-state index in [2.05, 4.69) is 23.7 Å². The Hall–Kier alpha value is -0.660. The molecule has 68 valence electrons. The van der Waals surface area contributed by atoms with E-state index in [-0.39, 0.29) is 0 Å². The van der Waals surface area contributed by atoms with Crippen molar-refractivity contribution in [1.82, 2.24) is 4.90 Å². The second-order valence-corrected chi connectivity index (χ2v) is 3.56. The summed E-state index contributed by atoms with van der Waals surface area (Å²) in [7, 11) is 0. The van der Waals surface area contributed by atoms with Crippen molar-refractivity contribution in [3.8, 4) is 0 Å². The van der Waals surface area contributed by atoms with Crippen LogP contribution in [0.25, 0.3) is 0 Å². The van der Waals surface area contributed by atoms with Gasteiger partial charge in [-0.05, 0) is 33.2 Å². The number of hydrogen-bond donors (Lipinski definition) is 0. The van der Waals surface area contributed by atoms with Gasteiger partial charge in [0.1, 0.15) is 0 Å². The SMILES string of the molecule is CC(C)N1CCCC1CN=C=O. The van der Waals surface area contributed by atoms with Crippen LogP contribution < -0.4 is 0 Å². The van der Waals surface area contributed by atoms with E-state index in [1.54, 1.807) is 6.08 Å². The van der Waals surface area contributed by atoms with Crippen molar-refractivity contribution in [1.29, 1.82) is 0 Å². The van der Waals surface area contributed by atoms with E-state index in [1.165, 1.54) is 12.8 Å². The fraction of sp³-hybridized carbons (Fsp3) is 0.889. The molecule has 0 amide bonds. The third-order valence-corrected chi connectivity index (χ3v) is 2.45. The standard InChI is InChI=1S/C9H16N2O/c1-8(2)11-5-3-4-9(11)6-10-7-12/h8-9H,3-6H2,1-2H3. The van der Waals surface area contributed by atoms with E-state index < -0.39 is 0 Å². The summed E-state index contributed by atoms with van der Waals surface area (Å²) in [5.41, 5.74) is 0. The van der Waals surface area contributed by atoms with Crippen LogP contribution in [-0.2, 0) is 4.79 Å². The Morgan fingerprint density at radius 2 is 2.42 bits per heavy atom. The molecule has 3 nitrogen and oxygen atoms in total. The summed E-state index contributed by atoms with van der Waals surface area (Å²) < 4.78 is 0. The molecule has 0 aliphatic carbocycles. The van der Waals surface area contributed by atoms with Crippen LogP contribution in [0.3, 0.4) is 0 Å². The Kier molecular flexibility index (Phi) is 3.45. The van der Waals surface area contributed by atoms with Gasteiger partial charge in [-0.25, -0.2) is 9.79 Å². The molecule has 1 rings (SSSR count). The minimum absolute atomic E-state index is 0.478. The van der Waals surface area contributed by atoms with E-state index >= 15 is 0 Å². The third-order valence-electron chi connectivity index (χ3n) is 2.45. The van der Waals surface area contributed by atoms with Crippen LogP contribution in [0.15, 0.2) is 4.99 Å². The van der Waals surface area contributed by atoms with Gasteiger partial charge in [0.05, 0.1) is 6.54 Å². The molecule has 0 N–H and O–H groups in total. The smallest absolute Gasteiger partial charge is 0.234 e. The first-order valence-corrected chi connectivity index (χ1v) is 4.55. The zero-order chi connectivity index (χ0) is 8.97. The van der Waals surface area contributed by atoms with Gasteiger partial charge >= 0.3 is 0 Å². The average molecular weight is 168 g/mol. The molecule has 3 heteroatoms. The third kappa shape index (κ3) is 2.16. The summed E-state index contributed by atoms with van der Waals surface area (Å²) in [6, 6.07) is 1.05. The molecule has 1 saturated heterocycles. The van der Waals surface area contributed by atoms with Crippen LogP contribution in [0.5, 0.6) is 0 Å². The van der Waals surface area contributed by atoms with Crippen LogP contribution in [0.2, 0.25) is 0 Å². The van der Waals surface area contributed by atoms with Crippen molar-refractivity contribution < 1.29 is 4.79 Å². The first-order chi connectivity index (χ1) is 5.75. The number of carbonyl (C=O) groups excluding carboxylic acids is 1. The minimum atomic E-state index is 0.478. The lowest BCUT2D eigenvalue weighted by molar-refractivity contribution is 0.208. The fourth-order valence-corrected chi connectivity index (χ4v) is 1.88. The number of aliphatic imine (C=N–C) groups is 1. The minimum Gasteiger partial charge on any atom is -0.296 e. The molecule has 0 aromatic carbocycles. The summed E-state index contributed by atoms with van der Waals surface area (Å²) in [4.78, 5) is 16.0. The van der Waals surface area contributed by atoms with Gasteiger partial charge in [-0.2, -0.15) is 0 Å². The summed E-state index contributed by atoms with van der Waals surface area (Å²) in [5, 5.41) is 0. The molecule has 0 aromatic rings. The van der Waals surface area contributed by atoms with Crippen LogP contribution in [-0.4, -0.2) is 36.2 Å². The topological polar surface area (TPSA) is 32.7 Å². The highest BCUT2D eigenvalue weighted by molar-refractivity contribution is 5.32. The second kappa shape index (κ2) is 4.39. The number of isocyanates is 1. The second-order valence-electron chi connectivity index (χ2n) is 3.56. The Morgan fingerprint density at radius 3 is 3.00 bits per heavy atom. The van der Waals surface area contributed by atoms with Gasteiger partial charge in [-0.15, -0.1) is 0 Å². The number of likely N-dealkylation sites (tertiary alicyclic amines) is 1. The number of hydrogen-bond acceptors (Lipinski definition) is 3. The molecule has 0 radical (unpaired) electrons. The molecule has 0 bridgehead atoms. The molecule has 1 aliphatic rings. The van der Waals surface area contributed by atoms with E-state index in [0.29, 0.717) is 18.6 Å². The van der Waals surface area contributed by atoms with Gasteiger partial charge in [0.25, 0.3) is 0 Å². The molecule has 1 heterocycles. The van der Waals surface area contributed by atoms with Gasteiger partial charge in [-0.3, -0.25) is 4.90 Å². The quantitative estimate of drug-likeness (QED) is 0.468. The summed E-state index contributed by atoms with van der Waals surface area (Å²) in [6.45, 7) is 6.14. The zero-order valence-corrected chi connectivity index (χ0v) is 7.79. The highest BCUT2D eigenvalue weighted by Gasteiger charge is 2.25. The van der Waals surface area contributed by atoms with Crippen molar-refractivity contribution in [3.05, 3.63) is 0 Å². The van der Waals surface area contributed by atoms with Gasteiger partial charge in [0, 0.05) is 12.1 Å². The molecule has 0 saturated carbocycles. The summed E-state index contributed by atoms with van der Waals surface area (Å²) in [6.07, 6.45) is 4.01. The molecule has 0 aromatic heterocycles. The normalized spacial score (nSPS) is 24.4. The molecule has 0 spiro atoms. The van der Waals surface area contributed by atoms with Crippen LogP contribution in [0, 0.1) is 0 Å². The van der Waals surface area contributed by atoms with Crippen LogP contribution >= 0.6 is 0 Å². The van der Waals surface area contributed by atoms with Crippen molar-refractivity contribution in [2.75, 3.05) is 13.1 Å². The molecular weight excluding hydrogens is 152 g/mol. The molecule has 1 atom stereocenters. The Labute approximate surface area is 73.5 Å². The van der Waals surface area contributed by atoms with Gasteiger partial charge in [0.2, 0.25) is 6.08 Å². The summed E-state index contributed by atoms with van der Waals surface area (Å²) in [5.74, 6) is 0. The van der Waals surface area contributed by atoms with Crippen molar-refractivity contribution in [2.45, 2.75) is 38.8 Å². The first-order valence-electron chi connectivity index (χ1n) is 4.55. The van der Waals surface area contributed by atoms with Gasteiger partial charge < -0.3 is 0 Å². The first kappa shape index (κ1) is 9.43. The summed E-state index contributed by atoms with van der Waals surface area (Å²) >= 11 is 0. The van der Waals surface area contributed by atoms with Crippen LogP contribution in [0.4, 0.5) is 0 Å². The molecule has 1 aliphatic heterocycles. The molecular formula is C9H16N2O. The lowest BCUT2D eigenvalue weighted by Gasteiger charge is -2.26. The molecule has 12 heavy (non-hydrogen) atoms. The van der Waals surface area contributed by atoms with Crippen molar-refractivity contribution in [2.24, 2.45) is 4.99 Å². The van der Waals surface area contributed by atoms with Crippen LogP contribution in [0.1, 0.15) is 26.7 Å². The Morgan fingerprint density at radius 1 is 1.67 bits per heavy atom. The maximum atomic E-state index is 9.93. The lowest BCUT2D eigenvalue weighted by atomic mass is 10.2. The predicted molar refractivity (Wildman–Crippen MR) is 47.9 cm³/mol. The highest BCUT2D eigenvalue weighted by Crippen LogP contribution is 2.19. The maximum absolute atomic E-state index is 9.93. The van der Waals surface area contributed by atoms with Gasteiger partial charge in [-0.1, -0.05) is 0 Å². The highest BCUT2D eigenvalue weighted by atomic mass is 16.1. The number of rotatable bonds is 3. The predicted octanol–water partition coefficient (Wildman–Crippen LogP) is 1.20.